The molecule has 1 aromatic carbocycles. The van der Waals surface area contributed by atoms with Crippen LogP contribution in [0.5, 0.6) is 0 Å². The zero-order valence-corrected chi connectivity index (χ0v) is 13.3. The van der Waals surface area contributed by atoms with Crippen LogP contribution in [0.4, 0.5) is 5.95 Å². The zero-order chi connectivity index (χ0) is 15.9. The highest BCUT2D eigenvalue weighted by Gasteiger charge is 2.05. The molecule has 2 aromatic rings. The fraction of sp³-hybridized carbons (Fsp3) is 0.353. The van der Waals surface area contributed by atoms with E-state index >= 15 is 0 Å². The minimum Gasteiger partial charge on any atom is -0.350 e. The molecule has 0 spiro atoms. The van der Waals surface area contributed by atoms with Gasteiger partial charge in [0.1, 0.15) is 0 Å². The molecule has 0 fully saturated rings. The minimum absolute atomic E-state index is 0.0338. The van der Waals surface area contributed by atoms with E-state index in [-0.39, 0.29) is 5.91 Å². The maximum atomic E-state index is 11.9. The molecule has 0 aliphatic carbocycles. The Morgan fingerprint density at radius 3 is 2.82 bits per heavy atom. The third-order valence-electron chi connectivity index (χ3n) is 3.29. The van der Waals surface area contributed by atoms with Crippen LogP contribution in [-0.4, -0.2) is 30.0 Å². The fourth-order valence-corrected chi connectivity index (χ4v) is 2.10. The van der Waals surface area contributed by atoms with Crippen molar-refractivity contribution in [3.8, 4) is 0 Å². The summed E-state index contributed by atoms with van der Waals surface area (Å²) in [6.07, 6.45) is 2.94. The van der Waals surface area contributed by atoms with E-state index in [0.717, 1.165) is 12.1 Å². The lowest BCUT2D eigenvalue weighted by molar-refractivity contribution is -0.121. The maximum absolute atomic E-state index is 11.9. The van der Waals surface area contributed by atoms with Gasteiger partial charge in [0.25, 0.3) is 0 Å². The van der Waals surface area contributed by atoms with Crippen LogP contribution in [0, 0.1) is 6.92 Å². The second-order valence-electron chi connectivity index (χ2n) is 5.51. The average molecular weight is 298 g/mol. The first-order chi connectivity index (χ1) is 10.5. The number of amides is 1. The first-order valence-corrected chi connectivity index (χ1v) is 7.36. The summed E-state index contributed by atoms with van der Waals surface area (Å²) in [5.74, 6) is 0.679. The standard InChI is InChI=1S/C17H22N4O/c1-13-5-4-6-14(11-13)7-8-16(22)19-12-15-9-10-18-17(20-15)21(2)3/h4-6,9-11H,7-8,12H2,1-3H3,(H,19,22). The predicted octanol–water partition coefficient (Wildman–Crippen LogP) is 2.10. The van der Waals surface area contributed by atoms with Gasteiger partial charge in [0.2, 0.25) is 11.9 Å². The number of rotatable bonds is 6. The molecule has 0 saturated heterocycles. The molecule has 0 unspecified atom stereocenters. The Hall–Kier alpha value is -2.43. The van der Waals surface area contributed by atoms with Crippen LogP contribution in [0.1, 0.15) is 23.2 Å². The average Bonchev–Trinajstić information content (AvgIpc) is 2.51. The molecule has 0 atom stereocenters. The second kappa shape index (κ2) is 7.54. The summed E-state index contributed by atoms with van der Waals surface area (Å²) in [4.78, 5) is 22.3. The molecule has 5 nitrogen and oxygen atoms in total. The molecule has 0 aliphatic heterocycles. The van der Waals surface area contributed by atoms with E-state index in [1.165, 1.54) is 11.1 Å². The van der Waals surface area contributed by atoms with Crippen molar-refractivity contribution in [3.05, 3.63) is 53.3 Å². The van der Waals surface area contributed by atoms with E-state index in [4.69, 9.17) is 0 Å². The summed E-state index contributed by atoms with van der Waals surface area (Å²) in [6, 6.07) is 10.1. The van der Waals surface area contributed by atoms with Gasteiger partial charge >= 0.3 is 0 Å². The lowest BCUT2D eigenvalue weighted by atomic mass is 10.1. The molecule has 0 aliphatic rings. The summed E-state index contributed by atoms with van der Waals surface area (Å²) >= 11 is 0. The summed E-state index contributed by atoms with van der Waals surface area (Å²) < 4.78 is 0. The highest BCUT2D eigenvalue weighted by molar-refractivity contribution is 5.76. The van der Waals surface area contributed by atoms with Crippen LogP contribution < -0.4 is 10.2 Å². The Labute approximate surface area is 131 Å². The van der Waals surface area contributed by atoms with Gasteiger partial charge in [-0.05, 0) is 25.0 Å². The molecule has 1 amide bonds. The normalized spacial score (nSPS) is 10.3. The molecule has 0 radical (unpaired) electrons. The van der Waals surface area contributed by atoms with Crippen molar-refractivity contribution in [3.63, 3.8) is 0 Å². The predicted molar refractivity (Wildman–Crippen MR) is 87.7 cm³/mol. The van der Waals surface area contributed by atoms with Crippen LogP contribution in [-0.2, 0) is 17.8 Å². The van der Waals surface area contributed by atoms with E-state index in [2.05, 4.69) is 34.3 Å². The van der Waals surface area contributed by atoms with Crippen LogP contribution in [0.3, 0.4) is 0 Å². The third-order valence-corrected chi connectivity index (χ3v) is 3.29. The molecule has 5 heteroatoms. The van der Waals surface area contributed by atoms with Crippen LogP contribution in [0.15, 0.2) is 36.5 Å². The Bertz CT molecular complexity index is 640. The zero-order valence-electron chi connectivity index (χ0n) is 13.3. The molecule has 0 saturated carbocycles. The van der Waals surface area contributed by atoms with Gasteiger partial charge in [-0.2, -0.15) is 0 Å². The van der Waals surface area contributed by atoms with Crippen molar-refractivity contribution in [1.29, 1.82) is 0 Å². The number of carbonyl (C=O) groups is 1. The molecule has 22 heavy (non-hydrogen) atoms. The summed E-state index contributed by atoms with van der Waals surface area (Å²) in [5.41, 5.74) is 3.21. The number of aromatic nitrogens is 2. The molecular weight excluding hydrogens is 276 g/mol. The summed E-state index contributed by atoms with van der Waals surface area (Å²) in [5, 5.41) is 2.90. The van der Waals surface area contributed by atoms with E-state index in [0.29, 0.717) is 18.9 Å². The molecule has 2 rings (SSSR count). The number of hydrogen-bond donors (Lipinski definition) is 1. The van der Waals surface area contributed by atoms with E-state index < -0.39 is 0 Å². The molecule has 1 heterocycles. The number of carbonyl (C=O) groups excluding carboxylic acids is 1. The van der Waals surface area contributed by atoms with Gasteiger partial charge in [-0.3, -0.25) is 4.79 Å². The van der Waals surface area contributed by atoms with Gasteiger partial charge in [0.05, 0.1) is 12.2 Å². The number of benzene rings is 1. The lowest BCUT2D eigenvalue weighted by Gasteiger charge is -2.11. The topological polar surface area (TPSA) is 58.1 Å². The Morgan fingerprint density at radius 1 is 1.27 bits per heavy atom. The van der Waals surface area contributed by atoms with Crippen LogP contribution in [0.25, 0.3) is 0 Å². The molecular formula is C17H22N4O. The van der Waals surface area contributed by atoms with Gasteiger partial charge in [0, 0.05) is 26.7 Å². The van der Waals surface area contributed by atoms with Gasteiger partial charge in [-0.25, -0.2) is 9.97 Å². The van der Waals surface area contributed by atoms with Crippen molar-refractivity contribution in [2.75, 3.05) is 19.0 Å². The highest BCUT2D eigenvalue weighted by atomic mass is 16.1. The monoisotopic (exact) mass is 298 g/mol. The quantitative estimate of drug-likeness (QED) is 0.887. The second-order valence-corrected chi connectivity index (χ2v) is 5.51. The summed E-state index contributed by atoms with van der Waals surface area (Å²) in [7, 11) is 3.78. The fourth-order valence-electron chi connectivity index (χ4n) is 2.10. The largest absolute Gasteiger partial charge is 0.350 e. The smallest absolute Gasteiger partial charge is 0.225 e. The SMILES string of the molecule is Cc1cccc(CCC(=O)NCc2ccnc(N(C)C)n2)c1. The molecule has 1 N–H and O–H groups in total. The van der Waals surface area contributed by atoms with Gasteiger partial charge in [-0.1, -0.05) is 29.8 Å². The number of aryl methyl sites for hydroxylation is 2. The highest BCUT2D eigenvalue weighted by Crippen LogP contribution is 2.07. The molecule has 116 valence electrons. The number of anilines is 1. The number of hydrogen-bond acceptors (Lipinski definition) is 4. The number of nitrogens with one attached hydrogen (secondary N) is 1. The molecule has 0 bridgehead atoms. The Kier molecular flexibility index (Phi) is 5.47. The number of nitrogens with zero attached hydrogens (tertiary/aromatic N) is 3. The van der Waals surface area contributed by atoms with E-state index in [1.54, 1.807) is 6.20 Å². The van der Waals surface area contributed by atoms with Crippen molar-refractivity contribution in [1.82, 2.24) is 15.3 Å². The van der Waals surface area contributed by atoms with Crippen molar-refractivity contribution in [2.24, 2.45) is 0 Å². The van der Waals surface area contributed by atoms with Crippen molar-refractivity contribution < 1.29 is 4.79 Å². The van der Waals surface area contributed by atoms with Crippen molar-refractivity contribution >= 4 is 11.9 Å². The minimum atomic E-state index is 0.0338. The first kappa shape index (κ1) is 15.9. The van der Waals surface area contributed by atoms with Gasteiger partial charge in [-0.15, -0.1) is 0 Å². The lowest BCUT2D eigenvalue weighted by Crippen LogP contribution is -2.24. The van der Waals surface area contributed by atoms with Crippen LogP contribution >= 0.6 is 0 Å². The van der Waals surface area contributed by atoms with Gasteiger partial charge in [0.15, 0.2) is 0 Å². The maximum Gasteiger partial charge on any atom is 0.225 e. The van der Waals surface area contributed by atoms with E-state index in [9.17, 15) is 4.79 Å². The third kappa shape index (κ3) is 4.84. The first-order valence-electron chi connectivity index (χ1n) is 7.36. The Balaban J connectivity index is 1.81. The van der Waals surface area contributed by atoms with Crippen LogP contribution in [0.2, 0.25) is 0 Å². The molecule has 1 aromatic heterocycles. The Morgan fingerprint density at radius 2 is 2.09 bits per heavy atom. The van der Waals surface area contributed by atoms with E-state index in [1.807, 2.05) is 37.2 Å². The van der Waals surface area contributed by atoms with Crippen molar-refractivity contribution in [2.45, 2.75) is 26.3 Å². The van der Waals surface area contributed by atoms with Gasteiger partial charge < -0.3 is 10.2 Å². The summed E-state index contributed by atoms with van der Waals surface area (Å²) in [6.45, 7) is 2.48.